The van der Waals surface area contributed by atoms with Gasteiger partial charge in [-0.05, 0) is 42.1 Å². The van der Waals surface area contributed by atoms with Crippen molar-refractivity contribution in [2.45, 2.75) is 33.6 Å². The zero-order valence-electron chi connectivity index (χ0n) is 17.3. The lowest BCUT2D eigenvalue weighted by Crippen LogP contribution is -2.27. The first-order valence-electron chi connectivity index (χ1n) is 9.57. The van der Waals surface area contributed by atoms with E-state index in [0.29, 0.717) is 29.8 Å². The Morgan fingerprint density at radius 3 is 2.30 bits per heavy atom. The molecule has 0 aliphatic rings. The standard InChI is InChI=1S/C22H26N2O5S/c1-22(2,3)21(28)24-17-8-6-15(7-9-17)18(25)13-29-19(26)5-4-11-23-20(27)16-10-12-30-14-16/h6-10,12,14H,4-5,11,13H2,1-3H3,(H,23,27)(H,24,28). The summed E-state index contributed by atoms with van der Waals surface area (Å²) in [6.07, 6.45) is 0.528. The van der Waals surface area contributed by atoms with Crippen LogP contribution < -0.4 is 10.6 Å². The quantitative estimate of drug-likeness (QED) is 0.359. The van der Waals surface area contributed by atoms with Gasteiger partial charge in [0.05, 0.1) is 0 Å². The van der Waals surface area contributed by atoms with E-state index in [1.165, 1.54) is 11.3 Å². The smallest absolute Gasteiger partial charge is 0.306 e. The van der Waals surface area contributed by atoms with Crippen molar-refractivity contribution in [3.05, 3.63) is 52.2 Å². The van der Waals surface area contributed by atoms with Crippen molar-refractivity contribution < 1.29 is 23.9 Å². The first kappa shape index (κ1) is 23.3. The Labute approximate surface area is 179 Å². The van der Waals surface area contributed by atoms with Crippen LogP contribution in [0.5, 0.6) is 0 Å². The molecule has 1 aromatic carbocycles. The maximum atomic E-state index is 12.2. The first-order valence-corrected chi connectivity index (χ1v) is 10.5. The van der Waals surface area contributed by atoms with Crippen molar-refractivity contribution in [3.63, 3.8) is 0 Å². The first-order chi connectivity index (χ1) is 14.2. The SMILES string of the molecule is CC(C)(C)C(=O)Nc1ccc(C(=O)COC(=O)CCCNC(=O)c2ccsc2)cc1. The zero-order chi connectivity index (χ0) is 22.1. The van der Waals surface area contributed by atoms with Crippen LogP contribution in [-0.4, -0.2) is 36.7 Å². The summed E-state index contributed by atoms with van der Waals surface area (Å²) < 4.78 is 5.01. The van der Waals surface area contributed by atoms with Gasteiger partial charge in [-0.3, -0.25) is 19.2 Å². The van der Waals surface area contributed by atoms with Gasteiger partial charge < -0.3 is 15.4 Å². The van der Waals surface area contributed by atoms with Crippen molar-refractivity contribution in [3.8, 4) is 0 Å². The number of nitrogens with one attached hydrogen (secondary N) is 2. The average molecular weight is 431 g/mol. The highest BCUT2D eigenvalue weighted by atomic mass is 32.1. The van der Waals surface area contributed by atoms with E-state index in [4.69, 9.17) is 4.74 Å². The Bertz CT molecular complexity index is 883. The molecule has 2 amide bonds. The second-order valence-electron chi connectivity index (χ2n) is 7.74. The Kier molecular flexibility index (Phi) is 8.29. The van der Waals surface area contributed by atoms with Crippen molar-refractivity contribution in [2.75, 3.05) is 18.5 Å². The molecule has 0 aliphatic carbocycles. The molecule has 0 atom stereocenters. The van der Waals surface area contributed by atoms with Gasteiger partial charge in [-0.25, -0.2) is 0 Å². The highest BCUT2D eigenvalue weighted by Crippen LogP contribution is 2.18. The van der Waals surface area contributed by atoms with E-state index in [-0.39, 0.29) is 30.6 Å². The van der Waals surface area contributed by atoms with Crippen LogP contribution in [0.25, 0.3) is 0 Å². The molecule has 0 bridgehead atoms. The minimum Gasteiger partial charge on any atom is -0.457 e. The highest BCUT2D eigenvalue weighted by Gasteiger charge is 2.21. The Balaban J connectivity index is 1.68. The van der Waals surface area contributed by atoms with Crippen molar-refractivity contribution in [2.24, 2.45) is 5.41 Å². The van der Waals surface area contributed by atoms with E-state index in [1.807, 2.05) is 26.2 Å². The largest absolute Gasteiger partial charge is 0.457 e. The van der Waals surface area contributed by atoms with E-state index in [2.05, 4.69) is 10.6 Å². The summed E-state index contributed by atoms with van der Waals surface area (Å²) in [7, 11) is 0. The van der Waals surface area contributed by atoms with Crippen LogP contribution in [0, 0.1) is 5.41 Å². The molecule has 2 aromatic rings. The van der Waals surface area contributed by atoms with Crippen LogP contribution in [0.15, 0.2) is 41.1 Å². The number of ether oxygens (including phenoxy) is 1. The summed E-state index contributed by atoms with van der Waals surface area (Å²) >= 11 is 1.44. The third-order valence-electron chi connectivity index (χ3n) is 4.14. The zero-order valence-corrected chi connectivity index (χ0v) is 18.1. The third-order valence-corrected chi connectivity index (χ3v) is 4.82. The van der Waals surface area contributed by atoms with Gasteiger partial charge in [-0.2, -0.15) is 11.3 Å². The predicted octanol–water partition coefficient (Wildman–Crippen LogP) is 3.67. The molecular weight excluding hydrogens is 404 g/mol. The second kappa shape index (κ2) is 10.7. The van der Waals surface area contributed by atoms with Gasteiger partial charge >= 0.3 is 5.97 Å². The van der Waals surface area contributed by atoms with Crippen LogP contribution in [0.1, 0.15) is 54.3 Å². The summed E-state index contributed by atoms with van der Waals surface area (Å²) in [5.74, 6) is -1.13. The summed E-state index contributed by atoms with van der Waals surface area (Å²) in [5, 5.41) is 9.07. The van der Waals surface area contributed by atoms with E-state index >= 15 is 0 Å². The van der Waals surface area contributed by atoms with Gasteiger partial charge in [0, 0.05) is 40.6 Å². The molecule has 160 valence electrons. The van der Waals surface area contributed by atoms with E-state index in [1.54, 1.807) is 35.7 Å². The van der Waals surface area contributed by atoms with Crippen molar-refractivity contribution in [1.82, 2.24) is 5.32 Å². The fourth-order valence-corrected chi connectivity index (χ4v) is 2.93. The predicted molar refractivity (Wildman–Crippen MR) is 116 cm³/mol. The van der Waals surface area contributed by atoms with E-state index in [9.17, 15) is 19.2 Å². The van der Waals surface area contributed by atoms with Crippen molar-refractivity contribution >= 4 is 40.6 Å². The number of hydrogen-bond acceptors (Lipinski definition) is 6. The fourth-order valence-electron chi connectivity index (χ4n) is 2.29. The lowest BCUT2D eigenvalue weighted by molar-refractivity contribution is -0.142. The third kappa shape index (κ3) is 7.44. The van der Waals surface area contributed by atoms with Crippen LogP contribution in [-0.2, 0) is 14.3 Å². The fraction of sp³-hybridized carbons (Fsp3) is 0.364. The topological polar surface area (TPSA) is 102 Å². The summed E-state index contributed by atoms with van der Waals surface area (Å²) in [6, 6.07) is 8.15. The van der Waals surface area contributed by atoms with Crippen LogP contribution in [0.3, 0.4) is 0 Å². The molecule has 1 heterocycles. The van der Waals surface area contributed by atoms with E-state index in [0.717, 1.165) is 0 Å². The van der Waals surface area contributed by atoms with E-state index < -0.39 is 11.4 Å². The molecule has 0 unspecified atom stereocenters. The molecule has 0 fully saturated rings. The number of ketones is 1. The highest BCUT2D eigenvalue weighted by molar-refractivity contribution is 7.08. The van der Waals surface area contributed by atoms with Crippen molar-refractivity contribution in [1.29, 1.82) is 0 Å². The molecule has 1 aromatic heterocycles. The van der Waals surface area contributed by atoms with Gasteiger partial charge in [0.1, 0.15) is 0 Å². The second-order valence-corrected chi connectivity index (χ2v) is 8.52. The van der Waals surface area contributed by atoms with Crippen LogP contribution >= 0.6 is 11.3 Å². The van der Waals surface area contributed by atoms with Crippen LogP contribution in [0.4, 0.5) is 5.69 Å². The number of anilines is 1. The normalized spacial score (nSPS) is 10.9. The number of carbonyl (C=O) groups is 4. The van der Waals surface area contributed by atoms with Gasteiger partial charge in [0.15, 0.2) is 12.4 Å². The molecule has 0 radical (unpaired) electrons. The number of benzene rings is 1. The minimum absolute atomic E-state index is 0.106. The molecule has 0 spiro atoms. The van der Waals surface area contributed by atoms with Gasteiger partial charge in [-0.15, -0.1) is 0 Å². The maximum absolute atomic E-state index is 12.2. The summed E-state index contributed by atoms with van der Waals surface area (Å²) in [5.41, 5.74) is 1.06. The molecular formula is C22H26N2O5S. The number of hydrogen-bond donors (Lipinski definition) is 2. The molecule has 8 heteroatoms. The Morgan fingerprint density at radius 1 is 1.00 bits per heavy atom. The summed E-state index contributed by atoms with van der Waals surface area (Å²) in [4.78, 5) is 47.7. The number of thiophene rings is 1. The number of esters is 1. The number of rotatable bonds is 9. The molecule has 2 rings (SSSR count). The molecule has 7 nitrogen and oxygen atoms in total. The minimum atomic E-state index is -0.518. The lowest BCUT2D eigenvalue weighted by atomic mass is 9.95. The Morgan fingerprint density at radius 2 is 1.70 bits per heavy atom. The average Bonchev–Trinajstić information content (AvgIpc) is 3.24. The monoisotopic (exact) mass is 430 g/mol. The van der Waals surface area contributed by atoms with Gasteiger partial charge in [0.25, 0.3) is 5.91 Å². The Hall–Kier alpha value is -3.00. The number of carbonyl (C=O) groups excluding carboxylic acids is 4. The maximum Gasteiger partial charge on any atom is 0.306 e. The molecule has 0 saturated carbocycles. The number of Topliss-reactive ketones (excluding diaryl/α,β-unsaturated/α-hetero) is 1. The number of amides is 2. The van der Waals surface area contributed by atoms with Gasteiger partial charge in [0.2, 0.25) is 5.91 Å². The molecule has 0 aliphatic heterocycles. The molecule has 0 saturated heterocycles. The molecule has 2 N–H and O–H groups in total. The lowest BCUT2D eigenvalue weighted by Gasteiger charge is -2.17. The van der Waals surface area contributed by atoms with Gasteiger partial charge in [-0.1, -0.05) is 20.8 Å². The summed E-state index contributed by atoms with van der Waals surface area (Å²) in [6.45, 7) is 5.43. The molecule has 30 heavy (non-hydrogen) atoms. The van der Waals surface area contributed by atoms with Crippen LogP contribution in [0.2, 0.25) is 0 Å².